The van der Waals surface area contributed by atoms with Gasteiger partial charge < -0.3 is 20.1 Å². The molecule has 3 aromatic carbocycles. The summed E-state index contributed by atoms with van der Waals surface area (Å²) in [6.45, 7) is 0.869. The van der Waals surface area contributed by atoms with E-state index in [1.54, 1.807) is 49.6 Å². The van der Waals surface area contributed by atoms with Crippen molar-refractivity contribution in [1.29, 1.82) is 0 Å². The second-order valence-electron chi connectivity index (χ2n) is 7.51. The summed E-state index contributed by atoms with van der Waals surface area (Å²) in [7, 11) is 1.60. The van der Waals surface area contributed by atoms with Crippen molar-refractivity contribution < 1.29 is 19.1 Å². The van der Waals surface area contributed by atoms with Crippen LogP contribution >= 0.6 is 28.1 Å². The van der Waals surface area contributed by atoms with Crippen LogP contribution in [0.2, 0.25) is 0 Å². The molecule has 0 atom stereocenters. The van der Waals surface area contributed by atoms with Crippen LogP contribution in [-0.2, 0) is 16.0 Å². The van der Waals surface area contributed by atoms with E-state index in [0.717, 1.165) is 5.56 Å². The molecule has 0 bridgehead atoms. The summed E-state index contributed by atoms with van der Waals surface area (Å²) in [5, 5.41) is 8.65. The molecule has 35 heavy (non-hydrogen) atoms. The predicted molar refractivity (Wildman–Crippen MR) is 145 cm³/mol. The van der Waals surface area contributed by atoms with Gasteiger partial charge in [-0.05, 0) is 76.5 Å². The minimum Gasteiger partial charge on any atom is -0.490 e. The molecule has 0 saturated heterocycles. The third kappa shape index (κ3) is 8.79. The van der Waals surface area contributed by atoms with Gasteiger partial charge in [0.05, 0.1) is 11.1 Å². The van der Waals surface area contributed by atoms with Crippen LogP contribution in [-0.4, -0.2) is 37.3 Å². The van der Waals surface area contributed by atoms with Crippen LogP contribution in [0.3, 0.4) is 0 Å². The maximum atomic E-state index is 12.6. The summed E-state index contributed by atoms with van der Waals surface area (Å²) in [4.78, 5) is 24.9. The van der Waals surface area contributed by atoms with Crippen molar-refractivity contribution in [2.45, 2.75) is 12.8 Å². The quantitative estimate of drug-likeness (QED) is 0.236. The third-order valence-electron chi connectivity index (χ3n) is 4.85. The van der Waals surface area contributed by atoms with Gasteiger partial charge in [0.25, 0.3) is 5.91 Å². The molecular weight excluding hydrogens is 530 g/mol. The third-order valence-corrected chi connectivity index (χ3v) is 5.68. The molecule has 9 heteroatoms. The Morgan fingerprint density at radius 1 is 0.914 bits per heavy atom. The summed E-state index contributed by atoms with van der Waals surface area (Å²) in [5.41, 5.74) is 2.80. The highest BCUT2D eigenvalue weighted by molar-refractivity contribution is 9.10. The van der Waals surface area contributed by atoms with Gasteiger partial charge in [-0.25, -0.2) is 0 Å². The molecule has 0 saturated carbocycles. The number of methoxy groups -OCH3 is 1. The zero-order chi connectivity index (χ0) is 25.0. The number of ether oxygens (including phenoxy) is 2. The van der Waals surface area contributed by atoms with Gasteiger partial charge in [-0.15, -0.1) is 0 Å². The smallest absolute Gasteiger partial charge is 0.257 e. The zero-order valence-electron chi connectivity index (χ0n) is 19.2. The summed E-state index contributed by atoms with van der Waals surface area (Å²) >= 11 is 8.70. The molecule has 0 unspecified atom stereocenters. The summed E-state index contributed by atoms with van der Waals surface area (Å²) in [5.74, 6) is 0.168. The molecule has 3 N–H and O–H groups in total. The number of carbonyl (C=O) groups excluding carboxylic acids is 2. The number of carbonyl (C=O) groups is 2. The van der Waals surface area contributed by atoms with Crippen LogP contribution < -0.4 is 20.7 Å². The van der Waals surface area contributed by atoms with E-state index in [-0.39, 0.29) is 16.9 Å². The van der Waals surface area contributed by atoms with Crippen LogP contribution in [0.4, 0.5) is 11.4 Å². The minimum atomic E-state index is -0.364. The molecule has 2 amide bonds. The van der Waals surface area contributed by atoms with Gasteiger partial charge in [0.15, 0.2) is 5.11 Å². The van der Waals surface area contributed by atoms with E-state index in [1.165, 1.54) is 0 Å². The number of anilines is 2. The lowest BCUT2D eigenvalue weighted by Crippen LogP contribution is -2.34. The van der Waals surface area contributed by atoms with E-state index in [1.807, 2.05) is 30.3 Å². The second-order valence-corrected chi connectivity index (χ2v) is 8.77. The first-order valence-electron chi connectivity index (χ1n) is 10.9. The number of amides is 2. The van der Waals surface area contributed by atoms with E-state index in [9.17, 15) is 9.59 Å². The van der Waals surface area contributed by atoms with Gasteiger partial charge in [-0.3, -0.25) is 14.9 Å². The number of thiocarbonyl (C=S) groups is 1. The standard InChI is InChI=1S/C26H26BrN3O4S/c1-33-14-15-34-23-12-11-19(16-22(23)27)25(32)30-26(35)29-21-9-5-8-20(17-21)28-24(31)13-10-18-6-3-2-4-7-18/h2-9,11-12,16-17H,10,13-15H2,1H3,(H,28,31)(H2,29,30,32,35). The highest BCUT2D eigenvalue weighted by Gasteiger charge is 2.12. The van der Waals surface area contributed by atoms with Gasteiger partial charge in [-0.2, -0.15) is 0 Å². The minimum absolute atomic E-state index is 0.0814. The first-order chi connectivity index (χ1) is 16.9. The normalized spacial score (nSPS) is 10.3. The van der Waals surface area contributed by atoms with Crippen LogP contribution in [0.1, 0.15) is 22.3 Å². The van der Waals surface area contributed by atoms with Crippen molar-refractivity contribution in [2.24, 2.45) is 0 Å². The van der Waals surface area contributed by atoms with Gasteiger partial charge >= 0.3 is 0 Å². The molecule has 0 fully saturated rings. The number of halogens is 1. The molecule has 0 aliphatic rings. The van der Waals surface area contributed by atoms with Crippen LogP contribution in [0.25, 0.3) is 0 Å². The molecule has 0 aromatic heterocycles. The van der Waals surface area contributed by atoms with E-state index in [2.05, 4.69) is 31.9 Å². The number of hydrogen-bond acceptors (Lipinski definition) is 5. The van der Waals surface area contributed by atoms with Crippen molar-refractivity contribution in [3.8, 4) is 5.75 Å². The number of aryl methyl sites for hydroxylation is 1. The highest BCUT2D eigenvalue weighted by atomic mass is 79.9. The molecular formula is C26H26BrN3O4S. The number of nitrogens with one attached hydrogen (secondary N) is 3. The Kier molecular flexibility index (Phi) is 10.2. The fraction of sp³-hybridized carbons (Fsp3) is 0.192. The molecule has 0 radical (unpaired) electrons. The molecule has 7 nitrogen and oxygen atoms in total. The summed E-state index contributed by atoms with van der Waals surface area (Å²) < 4.78 is 11.2. The van der Waals surface area contributed by atoms with Crippen molar-refractivity contribution in [1.82, 2.24) is 5.32 Å². The Balaban J connectivity index is 1.50. The Bertz CT molecular complexity index is 1170. The average molecular weight is 556 g/mol. The molecule has 0 aliphatic carbocycles. The number of benzene rings is 3. The Morgan fingerprint density at radius 2 is 1.66 bits per heavy atom. The lowest BCUT2D eigenvalue weighted by atomic mass is 10.1. The van der Waals surface area contributed by atoms with Gasteiger partial charge in [0.1, 0.15) is 12.4 Å². The van der Waals surface area contributed by atoms with Crippen molar-refractivity contribution in [3.63, 3.8) is 0 Å². The van der Waals surface area contributed by atoms with Crippen molar-refractivity contribution in [3.05, 3.63) is 88.4 Å². The first-order valence-corrected chi connectivity index (χ1v) is 12.1. The van der Waals surface area contributed by atoms with E-state index < -0.39 is 0 Å². The van der Waals surface area contributed by atoms with Crippen molar-refractivity contribution in [2.75, 3.05) is 31.0 Å². The Labute approximate surface area is 218 Å². The molecule has 3 aromatic rings. The van der Waals surface area contributed by atoms with Gasteiger partial charge in [-0.1, -0.05) is 36.4 Å². The molecule has 0 heterocycles. The summed E-state index contributed by atoms with van der Waals surface area (Å²) in [6.07, 6.45) is 1.04. The van der Waals surface area contributed by atoms with E-state index in [0.29, 0.717) is 53.2 Å². The Morgan fingerprint density at radius 3 is 2.37 bits per heavy atom. The molecule has 3 rings (SSSR count). The zero-order valence-corrected chi connectivity index (χ0v) is 21.6. The fourth-order valence-corrected chi connectivity index (χ4v) is 3.84. The number of hydrogen-bond donors (Lipinski definition) is 3. The van der Waals surface area contributed by atoms with Crippen molar-refractivity contribution >= 4 is 56.4 Å². The molecule has 182 valence electrons. The lowest BCUT2D eigenvalue weighted by molar-refractivity contribution is -0.116. The van der Waals surface area contributed by atoms with Crippen LogP contribution in [0, 0.1) is 0 Å². The topological polar surface area (TPSA) is 88.7 Å². The van der Waals surface area contributed by atoms with Crippen LogP contribution in [0.5, 0.6) is 5.75 Å². The van der Waals surface area contributed by atoms with Gasteiger partial charge in [0.2, 0.25) is 5.91 Å². The second kappa shape index (κ2) is 13.6. The van der Waals surface area contributed by atoms with E-state index in [4.69, 9.17) is 21.7 Å². The Hall–Kier alpha value is -3.27. The van der Waals surface area contributed by atoms with E-state index >= 15 is 0 Å². The maximum absolute atomic E-state index is 12.6. The number of rotatable bonds is 10. The predicted octanol–water partition coefficient (Wildman–Crippen LogP) is 5.17. The SMILES string of the molecule is COCCOc1ccc(C(=O)NC(=S)Nc2cccc(NC(=O)CCc3ccccc3)c2)cc1Br. The highest BCUT2D eigenvalue weighted by Crippen LogP contribution is 2.26. The first kappa shape index (κ1) is 26.3. The maximum Gasteiger partial charge on any atom is 0.257 e. The largest absolute Gasteiger partial charge is 0.490 e. The average Bonchev–Trinajstić information content (AvgIpc) is 2.84. The monoisotopic (exact) mass is 555 g/mol. The van der Waals surface area contributed by atoms with Crippen LogP contribution in [0.15, 0.2) is 77.3 Å². The van der Waals surface area contributed by atoms with Gasteiger partial charge in [0, 0.05) is 30.5 Å². The summed E-state index contributed by atoms with van der Waals surface area (Å²) in [6, 6.07) is 22.0. The molecule has 0 spiro atoms. The molecule has 0 aliphatic heterocycles. The lowest BCUT2D eigenvalue weighted by Gasteiger charge is -2.12. The fourth-order valence-electron chi connectivity index (χ4n) is 3.13.